The lowest BCUT2D eigenvalue weighted by atomic mass is 9.86. The molecule has 1 nitrogen and oxygen atoms in total. The van der Waals surface area contributed by atoms with Crippen molar-refractivity contribution in [2.45, 2.75) is 33.6 Å². The maximum absolute atomic E-state index is 6.76. The molecule has 1 heteroatoms. The van der Waals surface area contributed by atoms with Crippen molar-refractivity contribution in [2.24, 2.45) is 5.41 Å². The van der Waals surface area contributed by atoms with Crippen molar-refractivity contribution in [1.29, 1.82) is 5.41 Å². The molecule has 0 aliphatic heterocycles. The summed E-state index contributed by atoms with van der Waals surface area (Å²) in [6, 6.07) is 0. The van der Waals surface area contributed by atoms with Crippen LogP contribution in [0.25, 0.3) is 0 Å². The van der Waals surface area contributed by atoms with Crippen molar-refractivity contribution in [1.82, 2.24) is 0 Å². The van der Waals surface area contributed by atoms with Gasteiger partial charge < -0.3 is 5.41 Å². The van der Waals surface area contributed by atoms with Crippen molar-refractivity contribution < 1.29 is 0 Å². The van der Waals surface area contributed by atoms with E-state index in [4.69, 9.17) is 5.41 Å². The van der Waals surface area contributed by atoms with Crippen molar-refractivity contribution in [3.63, 3.8) is 0 Å². The van der Waals surface area contributed by atoms with Crippen molar-refractivity contribution in [3.8, 4) is 0 Å². The first-order chi connectivity index (χ1) is 4.62. The molecule has 0 fully saturated rings. The Bertz CT molecular complexity index is 123. The third kappa shape index (κ3) is 4.30. The van der Waals surface area contributed by atoms with Crippen LogP contribution in [0.5, 0.6) is 0 Å². The molecule has 0 amide bonds. The first kappa shape index (κ1) is 9.41. The van der Waals surface area contributed by atoms with E-state index in [0.29, 0.717) is 5.41 Å². The molecule has 0 aromatic heterocycles. The van der Waals surface area contributed by atoms with Crippen molar-refractivity contribution >= 4 is 6.21 Å². The van der Waals surface area contributed by atoms with Crippen molar-refractivity contribution in [2.75, 3.05) is 0 Å². The first-order valence-electron chi connectivity index (χ1n) is 3.78. The molecule has 58 valence electrons. The van der Waals surface area contributed by atoms with Crippen LogP contribution in [0.4, 0.5) is 0 Å². The van der Waals surface area contributed by atoms with Crippen LogP contribution in [0.15, 0.2) is 12.2 Å². The average molecular weight is 139 g/mol. The van der Waals surface area contributed by atoms with E-state index in [0.717, 1.165) is 6.42 Å². The molecular weight excluding hydrogens is 122 g/mol. The van der Waals surface area contributed by atoms with Crippen LogP contribution in [-0.4, -0.2) is 6.21 Å². The molecular formula is C9H17N. The van der Waals surface area contributed by atoms with E-state index in [1.807, 2.05) is 0 Å². The highest BCUT2D eigenvalue weighted by Crippen LogP contribution is 2.24. The van der Waals surface area contributed by atoms with E-state index < -0.39 is 0 Å². The van der Waals surface area contributed by atoms with E-state index in [-0.39, 0.29) is 0 Å². The molecule has 0 aromatic carbocycles. The van der Waals surface area contributed by atoms with Crippen LogP contribution < -0.4 is 0 Å². The lowest BCUT2D eigenvalue weighted by molar-refractivity contribution is 0.357. The summed E-state index contributed by atoms with van der Waals surface area (Å²) in [5.74, 6) is 0. The second kappa shape index (κ2) is 4.26. The third-order valence-electron chi connectivity index (χ3n) is 1.86. The van der Waals surface area contributed by atoms with Crippen molar-refractivity contribution in [3.05, 3.63) is 12.2 Å². The molecule has 0 unspecified atom stereocenters. The van der Waals surface area contributed by atoms with Gasteiger partial charge in [0.05, 0.1) is 0 Å². The summed E-state index contributed by atoms with van der Waals surface area (Å²) < 4.78 is 0. The minimum absolute atomic E-state index is 0.402. The molecule has 0 aliphatic carbocycles. The Hall–Kier alpha value is -0.590. The van der Waals surface area contributed by atoms with Gasteiger partial charge in [0.1, 0.15) is 0 Å². The van der Waals surface area contributed by atoms with Crippen LogP contribution in [0.2, 0.25) is 0 Å². The molecule has 0 aliphatic rings. The van der Waals surface area contributed by atoms with E-state index in [1.165, 1.54) is 12.6 Å². The molecule has 0 spiro atoms. The van der Waals surface area contributed by atoms with Gasteiger partial charge in [-0.2, -0.15) is 0 Å². The number of hydrogen-bond donors (Lipinski definition) is 1. The van der Waals surface area contributed by atoms with Gasteiger partial charge in [-0.3, -0.25) is 0 Å². The summed E-state index contributed by atoms with van der Waals surface area (Å²) in [4.78, 5) is 0. The van der Waals surface area contributed by atoms with Gasteiger partial charge in [0.2, 0.25) is 0 Å². The molecule has 1 N–H and O–H groups in total. The van der Waals surface area contributed by atoms with Crippen LogP contribution in [0.1, 0.15) is 33.6 Å². The molecule has 0 heterocycles. The van der Waals surface area contributed by atoms with Gasteiger partial charge in [-0.1, -0.05) is 33.3 Å². The maximum Gasteiger partial charge on any atom is 0.0174 e. The molecule has 0 rings (SSSR count). The Balaban J connectivity index is 3.66. The molecule has 0 saturated carbocycles. The molecule has 10 heavy (non-hydrogen) atoms. The summed E-state index contributed by atoms with van der Waals surface area (Å²) in [7, 11) is 0. The Morgan fingerprint density at radius 1 is 1.40 bits per heavy atom. The second-order valence-corrected chi connectivity index (χ2v) is 3.32. The number of nitrogens with one attached hydrogen (secondary N) is 1. The smallest absolute Gasteiger partial charge is 0.0174 e. The number of allylic oxidation sites excluding steroid dienone is 2. The van der Waals surface area contributed by atoms with Gasteiger partial charge in [-0.25, -0.2) is 0 Å². The summed E-state index contributed by atoms with van der Waals surface area (Å²) in [5, 5.41) is 6.76. The molecule has 0 atom stereocenters. The Morgan fingerprint density at radius 2 is 2.00 bits per heavy atom. The van der Waals surface area contributed by atoms with Gasteiger partial charge in [0, 0.05) is 6.21 Å². The largest absolute Gasteiger partial charge is 0.309 e. The fourth-order valence-corrected chi connectivity index (χ4v) is 0.599. The maximum atomic E-state index is 6.76. The molecule has 0 saturated heterocycles. The highest BCUT2D eigenvalue weighted by Gasteiger charge is 2.11. The van der Waals surface area contributed by atoms with Gasteiger partial charge in [0.25, 0.3) is 0 Å². The zero-order valence-corrected chi connectivity index (χ0v) is 7.15. The minimum Gasteiger partial charge on any atom is -0.309 e. The van der Waals surface area contributed by atoms with E-state index >= 15 is 0 Å². The number of rotatable bonds is 4. The van der Waals surface area contributed by atoms with Gasteiger partial charge >= 0.3 is 0 Å². The van der Waals surface area contributed by atoms with Gasteiger partial charge in [-0.15, -0.1) is 0 Å². The second-order valence-electron chi connectivity index (χ2n) is 3.32. The van der Waals surface area contributed by atoms with Crippen LogP contribution in [-0.2, 0) is 0 Å². The van der Waals surface area contributed by atoms with E-state index in [2.05, 4.69) is 26.8 Å². The highest BCUT2D eigenvalue weighted by atomic mass is 14.3. The summed E-state index contributed by atoms with van der Waals surface area (Å²) >= 11 is 0. The van der Waals surface area contributed by atoms with E-state index in [9.17, 15) is 0 Å². The van der Waals surface area contributed by atoms with Gasteiger partial charge in [-0.05, 0) is 17.9 Å². The fraction of sp³-hybridized carbons (Fsp3) is 0.667. The predicted octanol–water partition coefficient (Wildman–Crippen LogP) is 3.02. The zero-order chi connectivity index (χ0) is 8.04. The summed E-state index contributed by atoms with van der Waals surface area (Å²) in [6.07, 6.45) is 7.42. The SMILES string of the molecule is CCC(C)(C)C/C=C\C=N. The monoisotopic (exact) mass is 139 g/mol. The Kier molecular flexibility index (Phi) is 4.01. The average Bonchev–Trinajstić information content (AvgIpc) is 1.89. The van der Waals surface area contributed by atoms with Crippen LogP contribution >= 0.6 is 0 Å². The minimum atomic E-state index is 0.402. The normalized spacial score (nSPS) is 12.3. The van der Waals surface area contributed by atoms with Crippen LogP contribution in [0.3, 0.4) is 0 Å². The first-order valence-corrected chi connectivity index (χ1v) is 3.78. The molecule has 0 radical (unpaired) electrons. The number of hydrogen-bond acceptors (Lipinski definition) is 1. The third-order valence-corrected chi connectivity index (χ3v) is 1.86. The Labute approximate surface area is 63.7 Å². The topological polar surface area (TPSA) is 23.9 Å². The lowest BCUT2D eigenvalue weighted by Crippen LogP contribution is -2.07. The highest BCUT2D eigenvalue weighted by molar-refractivity contribution is 5.67. The summed E-state index contributed by atoms with van der Waals surface area (Å²) in [5.41, 5.74) is 0.402. The lowest BCUT2D eigenvalue weighted by Gasteiger charge is -2.19. The standard InChI is InChI=1S/C9H17N/c1-4-9(2,3)7-5-6-8-10/h5-6,8,10H,4,7H2,1-3H3/b6-5-,10-8?. The van der Waals surface area contributed by atoms with E-state index in [1.54, 1.807) is 6.08 Å². The fourth-order valence-electron chi connectivity index (χ4n) is 0.599. The van der Waals surface area contributed by atoms with Gasteiger partial charge in [0.15, 0.2) is 0 Å². The summed E-state index contributed by atoms with van der Waals surface area (Å²) in [6.45, 7) is 6.67. The predicted molar refractivity (Wildman–Crippen MR) is 46.6 cm³/mol. The van der Waals surface area contributed by atoms with Crippen LogP contribution in [0, 0.1) is 10.8 Å². The quantitative estimate of drug-likeness (QED) is 0.579. The molecule has 0 aromatic rings. The zero-order valence-electron chi connectivity index (χ0n) is 7.15. The Morgan fingerprint density at radius 3 is 2.40 bits per heavy atom. The molecule has 0 bridgehead atoms.